The van der Waals surface area contributed by atoms with Gasteiger partial charge in [-0.1, -0.05) is 54.6 Å². The van der Waals surface area contributed by atoms with E-state index in [9.17, 15) is 9.59 Å². The number of carbonyl (C=O) groups is 1. The minimum absolute atomic E-state index is 0.188. The fourth-order valence-electron chi connectivity index (χ4n) is 4.35. The third-order valence-corrected chi connectivity index (χ3v) is 6.18. The number of H-pyrrole nitrogens is 1. The van der Waals surface area contributed by atoms with Crippen LogP contribution in [0.4, 0.5) is 4.79 Å². The Morgan fingerprint density at radius 2 is 1.63 bits per heavy atom. The summed E-state index contributed by atoms with van der Waals surface area (Å²) in [5.41, 5.74) is 3.08. The second-order valence-corrected chi connectivity index (χ2v) is 9.83. The van der Waals surface area contributed by atoms with Crippen LogP contribution in [-0.2, 0) is 10.3 Å². The van der Waals surface area contributed by atoms with Crippen LogP contribution in [0.1, 0.15) is 45.6 Å². The van der Waals surface area contributed by atoms with Crippen molar-refractivity contribution in [3.63, 3.8) is 0 Å². The maximum atomic E-state index is 12.5. The number of benzene rings is 2. The molecule has 0 spiro atoms. The molecule has 0 aliphatic heterocycles. The van der Waals surface area contributed by atoms with Crippen molar-refractivity contribution >= 4 is 17.3 Å². The first-order valence-corrected chi connectivity index (χ1v) is 11.7. The Bertz CT molecular complexity index is 1440. The summed E-state index contributed by atoms with van der Waals surface area (Å²) in [6, 6.07) is 17.6. The lowest BCUT2D eigenvalue weighted by Gasteiger charge is -2.43. The van der Waals surface area contributed by atoms with Crippen molar-refractivity contribution in [3.8, 4) is 22.5 Å². The average Bonchev–Trinajstić information content (AvgIpc) is 2.81. The van der Waals surface area contributed by atoms with Crippen LogP contribution >= 0.6 is 0 Å². The monoisotopic (exact) mass is 469 g/mol. The number of fused-ring (bicyclic) bond motifs is 1. The first kappa shape index (κ1) is 22.7. The molecule has 2 heterocycles. The summed E-state index contributed by atoms with van der Waals surface area (Å²) in [6.07, 6.45) is 3.63. The van der Waals surface area contributed by atoms with E-state index in [1.807, 2.05) is 75.4 Å². The molecule has 2 N–H and O–H groups in total. The third kappa shape index (κ3) is 4.51. The van der Waals surface area contributed by atoms with Crippen molar-refractivity contribution < 1.29 is 9.53 Å². The van der Waals surface area contributed by atoms with Crippen molar-refractivity contribution in [1.82, 2.24) is 25.3 Å². The molecule has 8 nitrogen and oxygen atoms in total. The third-order valence-electron chi connectivity index (χ3n) is 6.18. The molecule has 1 amide bonds. The number of hydrogen-bond donors (Lipinski definition) is 2. The first-order valence-electron chi connectivity index (χ1n) is 11.7. The van der Waals surface area contributed by atoms with Crippen LogP contribution in [0.2, 0.25) is 0 Å². The average molecular weight is 470 g/mol. The summed E-state index contributed by atoms with van der Waals surface area (Å²) >= 11 is 0. The van der Waals surface area contributed by atoms with Gasteiger partial charge in [-0.05, 0) is 45.6 Å². The molecule has 8 heteroatoms. The van der Waals surface area contributed by atoms with E-state index in [-0.39, 0.29) is 11.1 Å². The zero-order valence-electron chi connectivity index (χ0n) is 20.0. The smallest absolute Gasteiger partial charge is 0.408 e. The number of carbonyl (C=O) groups excluding carboxylic acids is 1. The lowest BCUT2D eigenvalue weighted by Crippen LogP contribution is -2.52. The molecule has 0 bridgehead atoms. The van der Waals surface area contributed by atoms with Crippen molar-refractivity contribution in [2.45, 2.75) is 51.2 Å². The Hall–Kier alpha value is -4.07. The van der Waals surface area contributed by atoms with Crippen molar-refractivity contribution in [1.29, 1.82) is 0 Å². The molecule has 5 rings (SSSR count). The van der Waals surface area contributed by atoms with Crippen molar-refractivity contribution in [3.05, 3.63) is 76.8 Å². The number of rotatable bonds is 4. The lowest BCUT2D eigenvalue weighted by atomic mass is 9.71. The Balaban J connectivity index is 1.54. The molecule has 1 fully saturated rings. The van der Waals surface area contributed by atoms with Gasteiger partial charge in [-0.25, -0.2) is 19.7 Å². The number of nitrogens with zero attached hydrogens (tertiary/aromatic N) is 3. The number of aromatic amines is 1. The van der Waals surface area contributed by atoms with Crippen molar-refractivity contribution in [2.24, 2.45) is 0 Å². The van der Waals surface area contributed by atoms with Gasteiger partial charge in [0.25, 0.3) is 5.56 Å². The van der Waals surface area contributed by atoms with E-state index >= 15 is 0 Å². The van der Waals surface area contributed by atoms with Gasteiger partial charge in [-0.3, -0.25) is 4.79 Å². The first-order chi connectivity index (χ1) is 16.7. The van der Waals surface area contributed by atoms with Gasteiger partial charge in [0.05, 0.1) is 23.3 Å². The fraction of sp³-hybridized carbons (Fsp3) is 0.296. The normalized spacial score (nSPS) is 14.8. The Labute approximate surface area is 202 Å². The maximum absolute atomic E-state index is 12.5. The van der Waals surface area contributed by atoms with E-state index in [0.717, 1.165) is 36.0 Å². The molecule has 0 atom stereocenters. The molecule has 1 aliphatic carbocycles. The zero-order valence-corrected chi connectivity index (χ0v) is 20.0. The molecule has 2 aromatic carbocycles. The second-order valence-electron chi connectivity index (χ2n) is 9.83. The topological polar surface area (TPSA) is 110 Å². The Kier molecular flexibility index (Phi) is 5.59. The number of amides is 1. The molecule has 0 radical (unpaired) electrons. The van der Waals surface area contributed by atoms with Gasteiger partial charge in [0.15, 0.2) is 11.2 Å². The molecule has 35 heavy (non-hydrogen) atoms. The molecular formula is C27H27N5O3. The van der Waals surface area contributed by atoms with E-state index in [2.05, 4.69) is 25.3 Å². The van der Waals surface area contributed by atoms with Crippen LogP contribution in [-0.4, -0.2) is 31.6 Å². The number of hydrogen-bond acceptors (Lipinski definition) is 6. The molecule has 1 aliphatic rings. The highest BCUT2D eigenvalue weighted by Crippen LogP contribution is 2.42. The molecule has 1 saturated carbocycles. The SMILES string of the molecule is CC(C)(C)OC(=O)NC1(c2ccc(-c3nc4c(=O)[nH]cnc4nc3-c3ccccc3)cc2)CCC1. The quantitative estimate of drug-likeness (QED) is 0.438. The predicted molar refractivity (Wildman–Crippen MR) is 134 cm³/mol. The fourth-order valence-corrected chi connectivity index (χ4v) is 4.35. The zero-order chi connectivity index (χ0) is 24.6. The number of aromatic nitrogens is 4. The van der Waals surface area contributed by atoms with Gasteiger partial charge in [0, 0.05) is 11.1 Å². The largest absolute Gasteiger partial charge is 0.444 e. The Morgan fingerprint density at radius 1 is 0.971 bits per heavy atom. The van der Waals surface area contributed by atoms with Crippen LogP contribution in [0.15, 0.2) is 65.7 Å². The van der Waals surface area contributed by atoms with E-state index in [4.69, 9.17) is 4.74 Å². The summed E-state index contributed by atoms with van der Waals surface area (Å²) in [7, 11) is 0. The lowest BCUT2D eigenvalue weighted by molar-refractivity contribution is 0.0377. The highest BCUT2D eigenvalue weighted by Gasteiger charge is 2.41. The number of nitrogens with one attached hydrogen (secondary N) is 2. The van der Waals surface area contributed by atoms with Crippen LogP contribution in [0, 0.1) is 0 Å². The van der Waals surface area contributed by atoms with Crippen molar-refractivity contribution in [2.75, 3.05) is 0 Å². The predicted octanol–water partition coefficient (Wildman–Crippen LogP) is 4.95. The molecule has 4 aromatic rings. The van der Waals surface area contributed by atoms with Crippen LogP contribution < -0.4 is 10.9 Å². The molecule has 2 aromatic heterocycles. The summed E-state index contributed by atoms with van der Waals surface area (Å²) in [6.45, 7) is 5.55. The summed E-state index contributed by atoms with van der Waals surface area (Å²) in [4.78, 5) is 41.0. The summed E-state index contributed by atoms with van der Waals surface area (Å²) in [5, 5.41) is 3.09. The molecule has 0 saturated heterocycles. The molecule has 0 unspecified atom stereocenters. The van der Waals surface area contributed by atoms with Gasteiger partial charge in [-0.15, -0.1) is 0 Å². The van der Waals surface area contributed by atoms with E-state index in [1.54, 1.807) is 0 Å². The van der Waals surface area contributed by atoms with Crippen LogP contribution in [0.5, 0.6) is 0 Å². The molecular weight excluding hydrogens is 442 g/mol. The standard InChI is InChI=1S/C27H27N5O3/c1-26(2,3)35-25(34)32-27(14-7-15-27)19-12-10-18(11-13-19)20-21(17-8-5-4-6-9-17)31-23-22(30-20)24(33)29-16-28-23/h4-6,8-13,16H,7,14-15H2,1-3H3,(H,32,34)(H,28,29,31,33). The minimum atomic E-state index is -0.561. The van der Waals surface area contributed by atoms with E-state index in [0.29, 0.717) is 17.0 Å². The van der Waals surface area contributed by atoms with Gasteiger partial charge >= 0.3 is 6.09 Å². The minimum Gasteiger partial charge on any atom is -0.444 e. The molecule has 178 valence electrons. The van der Waals surface area contributed by atoms with Gasteiger partial charge in [0.1, 0.15) is 5.60 Å². The summed E-state index contributed by atoms with van der Waals surface area (Å²) < 4.78 is 5.49. The highest BCUT2D eigenvalue weighted by atomic mass is 16.6. The van der Waals surface area contributed by atoms with Crippen LogP contribution in [0.25, 0.3) is 33.7 Å². The number of ether oxygens (including phenoxy) is 1. The maximum Gasteiger partial charge on any atom is 0.408 e. The van der Waals surface area contributed by atoms with Gasteiger partial charge < -0.3 is 15.0 Å². The van der Waals surface area contributed by atoms with Gasteiger partial charge in [-0.2, -0.15) is 0 Å². The Morgan fingerprint density at radius 3 is 2.26 bits per heavy atom. The second kappa shape index (κ2) is 8.61. The van der Waals surface area contributed by atoms with E-state index in [1.165, 1.54) is 6.33 Å². The summed E-state index contributed by atoms with van der Waals surface area (Å²) in [5.74, 6) is 0. The van der Waals surface area contributed by atoms with Crippen LogP contribution in [0.3, 0.4) is 0 Å². The van der Waals surface area contributed by atoms with E-state index < -0.39 is 17.2 Å². The highest BCUT2D eigenvalue weighted by molar-refractivity contribution is 5.84. The van der Waals surface area contributed by atoms with Gasteiger partial charge in [0.2, 0.25) is 0 Å². The number of alkyl carbamates (subject to hydrolysis) is 1.